The van der Waals surface area contributed by atoms with E-state index >= 15 is 0 Å². The van der Waals surface area contributed by atoms with Gasteiger partial charge in [0.1, 0.15) is 0 Å². The highest BCUT2D eigenvalue weighted by atomic mass is 16.2. The highest BCUT2D eigenvalue weighted by molar-refractivity contribution is 6.16. The van der Waals surface area contributed by atoms with E-state index in [1.54, 1.807) is 0 Å². The van der Waals surface area contributed by atoms with Crippen molar-refractivity contribution in [3.63, 3.8) is 0 Å². The highest BCUT2D eigenvalue weighted by Crippen LogP contribution is 2.34. The monoisotopic (exact) mass is 338 g/mol. The molecule has 0 aromatic carbocycles. The van der Waals surface area contributed by atoms with Gasteiger partial charge in [0, 0.05) is 6.54 Å². The molecule has 4 unspecified atom stereocenters. The summed E-state index contributed by atoms with van der Waals surface area (Å²) in [5.41, 5.74) is 10.3. The zero-order valence-electron chi connectivity index (χ0n) is 14.7. The molecule has 7 nitrogen and oxygen atoms in total. The van der Waals surface area contributed by atoms with Crippen LogP contribution in [0, 0.1) is 5.92 Å². The van der Waals surface area contributed by atoms with Crippen LogP contribution < -0.4 is 16.8 Å². The Morgan fingerprint density at radius 1 is 1.33 bits per heavy atom. The Balaban J connectivity index is 2.35. The normalized spacial score (nSPS) is 29.5. The Morgan fingerprint density at radius 2 is 2.04 bits per heavy atom. The van der Waals surface area contributed by atoms with Crippen LogP contribution in [0.4, 0.5) is 0 Å². The van der Waals surface area contributed by atoms with Gasteiger partial charge in [-0.1, -0.05) is 20.3 Å². The molecule has 0 aromatic rings. The molecule has 5 N–H and O–H groups in total. The second-order valence-electron chi connectivity index (χ2n) is 7.01. The minimum Gasteiger partial charge on any atom is -0.324 e. The maximum Gasteiger partial charge on any atom is 0.240 e. The van der Waals surface area contributed by atoms with E-state index in [1.807, 2.05) is 13.8 Å². The first-order valence-electron chi connectivity index (χ1n) is 8.98. The van der Waals surface area contributed by atoms with Crippen LogP contribution in [-0.4, -0.2) is 59.6 Å². The third-order valence-electron chi connectivity index (χ3n) is 5.62. The van der Waals surface area contributed by atoms with E-state index in [9.17, 15) is 14.4 Å². The number of amides is 1. The van der Waals surface area contributed by atoms with Gasteiger partial charge in [0.2, 0.25) is 5.91 Å². The summed E-state index contributed by atoms with van der Waals surface area (Å²) < 4.78 is 0. The molecule has 0 aliphatic carbocycles. The molecular formula is C17H30N4O3. The minimum atomic E-state index is -1.43. The fourth-order valence-corrected chi connectivity index (χ4v) is 3.84. The Kier molecular flexibility index (Phi) is 6.11. The van der Waals surface area contributed by atoms with Crippen LogP contribution in [0.25, 0.3) is 0 Å². The zero-order valence-corrected chi connectivity index (χ0v) is 14.7. The molecule has 2 aliphatic heterocycles. The summed E-state index contributed by atoms with van der Waals surface area (Å²) in [6.45, 7) is 4.76. The molecule has 24 heavy (non-hydrogen) atoms. The Bertz CT molecular complexity index is 504. The number of nitrogens with two attached hydrogens (primary N) is 2. The number of rotatable bonds is 7. The summed E-state index contributed by atoms with van der Waals surface area (Å²) >= 11 is 0. The number of hydrogen-bond donors (Lipinski definition) is 3. The predicted molar refractivity (Wildman–Crippen MR) is 91.2 cm³/mol. The van der Waals surface area contributed by atoms with Crippen molar-refractivity contribution in [2.75, 3.05) is 19.6 Å². The van der Waals surface area contributed by atoms with E-state index in [1.165, 1.54) is 4.90 Å². The number of nitrogens with zero attached hydrogens (tertiary/aromatic N) is 1. The lowest BCUT2D eigenvalue weighted by molar-refractivity contribution is -0.153. The molecule has 0 bridgehead atoms. The van der Waals surface area contributed by atoms with E-state index in [2.05, 4.69) is 5.32 Å². The molecule has 0 aromatic heterocycles. The summed E-state index contributed by atoms with van der Waals surface area (Å²) in [6, 6.07) is -1.09. The fourth-order valence-electron chi connectivity index (χ4n) is 3.84. The number of carbonyl (C=O) groups excluding carboxylic acids is 3. The van der Waals surface area contributed by atoms with Crippen LogP contribution in [0.15, 0.2) is 0 Å². The number of Topliss-reactive ketones (excluding diaryl/α,β-unsaturated/α-hetero) is 2. The lowest BCUT2D eigenvalue weighted by atomic mass is 9.81. The van der Waals surface area contributed by atoms with Crippen molar-refractivity contribution in [2.45, 2.75) is 63.6 Å². The maximum atomic E-state index is 13.2. The van der Waals surface area contributed by atoms with E-state index < -0.39 is 11.6 Å². The van der Waals surface area contributed by atoms with Crippen LogP contribution in [0.2, 0.25) is 0 Å². The Morgan fingerprint density at radius 3 is 2.58 bits per heavy atom. The number of ketones is 2. The summed E-state index contributed by atoms with van der Waals surface area (Å²) in [7, 11) is 0. The van der Waals surface area contributed by atoms with Gasteiger partial charge in [-0.15, -0.1) is 0 Å². The average molecular weight is 338 g/mol. The van der Waals surface area contributed by atoms with Crippen molar-refractivity contribution >= 4 is 17.5 Å². The average Bonchev–Trinajstić information content (AvgIpc) is 3.28. The molecule has 2 saturated heterocycles. The van der Waals surface area contributed by atoms with Crippen molar-refractivity contribution in [1.82, 2.24) is 10.2 Å². The molecule has 2 heterocycles. The topological polar surface area (TPSA) is 119 Å². The second-order valence-corrected chi connectivity index (χ2v) is 7.01. The minimum absolute atomic E-state index is 0.0107. The van der Waals surface area contributed by atoms with Crippen LogP contribution in [0.5, 0.6) is 0 Å². The maximum absolute atomic E-state index is 13.2. The molecule has 0 radical (unpaired) electrons. The van der Waals surface area contributed by atoms with Crippen molar-refractivity contribution in [3.8, 4) is 0 Å². The van der Waals surface area contributed by atoms with Crippen molar-refractivity contribution in [1.29, 1.82) is 0 Å². The number of carbonyl (C=O) groups is 3. The molecule has 2 rings (SSSR count). The van der Waals surface area contributed by atoms with Gasteiger partial charge in [-0.05, 0) is 38.1 Å². The van der Waals surface area contributed by atoms with Crippen LogP contribution in [0.1, 0.15) is 46.0 Å². The lowest BCUT2D eigenvalue weighted by Crippen LogP contribution is -2.66. The number of nitrogens with one attached hydrogen (secondary N) is 1. The predicted octanol–water partition coefficient (Wildman–Crippen LogP) is -0.430. The van der Waals surface area contributed by atoms with E-state index in [0.717, 1.165) is 19.4 Å². The summed E-state index contributed by atoms with van der Waals surface area (Å²) in [4.78, 5) is 40.2. The quantitative estimate of drug-likeness (QED) is 0.542. The second kappa shape index (κ2) is 7.72. The van der Waals surface area contributed by atoms with Crippen LogP contribution >= 0.6 is 0 Å². The van der Waals surface area contributed by atoms with Gasteiger partial charge >= 0.3 is 0 Å². The number of hydrogen-bond acceptors (Lipinski definition) is 6. The molecule has 2 aliphatic rings. The molecular weight excluding hydrogens is 308 g/mol. The first kappa shape index (κ1) is 19.0. The largest absolute Gasteiger partial charge is 0.324 e. The first-order chi connectivity index (χ1) is 11.4. The van der Waals surface area contributed by atoms with E-state index in [0.29, 0.717) is 25.8 Å². The van der Waals surface area contributed by atoms with Crippen molar-refractivity contribution < 1.29 is 14.4 Å². The van der Waals surface area contributed by atoms with Crippen molar-refractivity contribution in [3.05, 3.63) is 0 Å². The first-order valence-corrected chi connectivity index (χ1v) is 8.98. The van der Waals surface area contributed by atoms with E-state index in [-0.39, 0.29) is 36.0 Å². The van der Waals surface area contributed by atoms with Gasteiger partial charge < -0.3 is 21.7 Å². The Labute approximate surface area is 143 Å². The van der Waals surface area contributed by atoms with Crippen molar-refractivity contribution in [2.24, 2.45) is 17.4 Å². The molecule has 4 atom stereocenters. The summed E-state index contributed by atoms with van der Waals surface area (Å²) in [5, 5.41) is 3.15. The van der Waals surface area contributed by atoms with Gasteiger partial charge in [-0.3, -0.25) is 14.4 Å². The van der Waals surface area contributed by atoms with Crippen LogP contribution in [-0.2, 0) is 14.4 Å². The van der Waals surface area contributed by atoms with Gasteiger partial charge in [0.15, 0.2) is 17.1 Å². The molecule has 136 valence electrons. The number of likely N-dealkylation sites (tertiary alicyclic amines) is 1. The third-order valence-corrected chi connectivity index (χ3v) is 5.62. The fraction of sp³-hybridized carbons (Fsp3) is 0.824. The van der Waals surface area contributed by atoms with Gasteiger partial charge in [-0.25, -0.2) is 0 Å². The van der Waals surface area contributed by atoms with Crippen LogP contribution in [0.3, 0.4) is 0 Å². The Hall–Kier alpha value is -1.31. The summed E-state index contributed by atoms with van der Waals surface area (Å²) in [5.74, 6) is -0.903. The van der Waals surface area contributed by atoms with Gasteiger partial charge in [0.25, 0.3) is 0 Å². The lowest BCUT2D eigenvalue weighted by Gasteiger charge is -2.39. The standard InChI is InChI=1S/C17H30N4O3/c1-3-11(2)14(19)16(24)21-9-5-7-17(21,13(22)10-18)15(23)12-6-4-8-20-12/h11-12,14,20H,3-10,18-19H2,1-2H3. The van der Waals surface area contributed by atoms with Gasteiger partial charge in [-0.2, -0.15) is 0 Å². The van der Waals surface area contributed by atoms with E-state index in [4.69, 9.17) is 11.5 Å². The summed E-state index contributed by atoms with van der Waals surface area (Å²) in [6.07, 6.45) is 3.31. The third kappa shape index (κ3) is 3.12. The van der Waals surface area contributed by atoms with Gasteiger partial charge in [0.05, 0.1) is 18.6 Å². The molecule has 1 amide bonds. The molecule has 0 spiro atoms. The smallest absolute Gasteiger partial charge is 0.240 e. The molecule has 2 fully saturated rings. The zero-order chi connectivity index (χ0) is 17.9. The molecule has 7 heteroatoms. The highest BCUT2D eigenvalue weighted by Gasteiger charge is 2.56. The SMILES string of the molecule is CCC(C)C(N)C(=O)N1CCCC1(C(=O)CN)C(=O)C1CCCN1. The molecule has 0 saturated carbocycles.